The fourth-order valence-corrected chi connectivity index (χ4v) is 3.40. The van der Waals surface area contributed by atoms with Crippen LogP contribution in [0.5, 0.6) is 0 Å². The molecule has 2 aromatic carbocycles. The molecule has 3 aromatic heterocycles. The number of rotatable bonds is 4. The average Bonchev–Trinajstić information content (AvgIpc) is 3.18. The summed E-state index contributed by atoms with van der Waals surface area (Å²) < 4.78 is 1.63. The van der Waals surface area contributed by atoms with Crippen LogP contribution < -0.4 is 10.9 Å². The molecule has 5 rings (SSSR count). The van der Waals surface area contributed by atoms with Crippen LogP contribution in [-0.2, 0) is 6.54 Å². The Morgan fingerprint density at radius 1 is 1.03 bits per heavy atom. The van der Waals surface area contributed by atoms with Gasteiger partial charge in [-0.2, -0.15) is 4.98 Å². The number of benzene rings is 2. The molecule has 0 radical (unpaired) electrons. The van der Waals surface area contributed by atoms with Gasteiger partial charge in [0.1, 0.15) is 11.5 Å². The molecule has 0 aliphatic rings. The van der Waals surface area contributed by atoms with E-state index in [1.165, 1.54) is 0 Å². The first kappa shape index (κ1) is 17.1. The first-order valence-electron chi connectivity index (χ1n) is 9.40. The molecule has 7 heteroatoms. The van der Waals surface area contributed by atoms with Crippen molar-refractivity contribution < 1.29 is 0 Å². The highest BCUT2D eigenvalue weighted by molar-refractivity contribution is 5.80. The Morgan fingerprint density at radius 3 is 2.79 bits per heavy atom. The molecule has 29 heavy (non-hydrogen) atoms. The normalized spacial score (nSPS) is 11.2. The maximum absolute atomic E-state index is 12.1. The van der Waals surface area contributed by atoms with Crippen molar-refractivity contribution in [3.63, 3.8) is 0 Å². The fraction of sp³-hybridized carbons (Fsp3) is 0.0909. The third kappa shape index (κ3) is 3.12. The van der Waals surface area contributed by atoms with Crippen molar-refractivity contribution in [2.24, 2.45) is 0 Å². The fourth-order valence-electron chi connectivity index (χ4n) is 3.40. The molecular weight excluding hydrogens is 364 g/mol. The monoisotopic (exact) mass is 382 g/mol. The Morgan fingerprint density at radius 2 is 1.93 bits per heavy atom. The molecule has 3 heterocycles. The van der Waals surface area contributed by atoms with Crippen LogP contribution in [0, 0.1) is 0 Å². The van der Waals surface area contributed by atoms with Crippen molar-refractivity contribution in [3.05, 3.63) is 77.2 Å². The molecule has 0 atom stereocenters. The molecule has 0 amide bonds. The van der Waals surface area contributed by atoms with Crippen LogP contribution in [0.4, 0.5) is 11.6 Å². The van der Waals surface area contributed by atoms with Crippen molar-refractivity contribution in [3.8, 4) is 11.4 Å². The number of aromatic amines is 1. The van der Waals surface area contributed by atoms with Gasteiger partial charge in [-0.1, -0.05) is 24.3 Å². The van der Waals surface area contributed by atoms with Gasteiger partial charge in [0.2, 0.25) is 5.95 Å². The van der Waals surface area contributed by atoms with Crippen LogP contribution in [0.25, 0.3) is 33.5 Å². The maximum Gasteiger partial charge on any atom is 0.252 e. The van der Waals surface area contributed by atoms with E-state index >= 15 is 0 Å². The van der Waals surface area contributed by atoms with Crippen LogP contribution in [-0.4, -0.2) is 24.5 Å². The standard InChI is InChI=1S/C22H18N6O/c1-2-28-19(29)11-10-15-13-23-22(27-21(15)28)24-16-7-5-6-14(12-16)20-25-17-8-3-4-9-18(17)26-20/h3-13H,2H2,1H3,(H,25,26)(H,23,24,27). The zero-order valence-corrected chi connectivity index (χ0v) is 15.8. The van der Waals surface area contributed by atoms with Gasteiger partial charge < -0.3 is 10.3 Å². The molecule has 0 spiro atoms. The van der Waals surface area contributed by atoms with Crippen molar-refractivity contribution in [1.82, 2.24) is 24.5 Å². The smallest absolute Gasteiger partial charge is 0.252 e. The van der Waals surface area contributed by atoms with E-state index in [4.69, 9.17) is 0 Å². The third-order valence-electron chi connectivity index (χ3n) is 4.82. The molecule has 0 fully saturated rings. The van der Waals surface area contributed by atoms with Gasteiger partial charge in [0.05, 0.1) is 11.0 Å². The highest BCUT2D eigenvalue weighted by Gasteiger charge is 2.08. The number of nitrogens with one attached hydrogen (secondary N) is 2. The van der Waals surface area contributed by atoms with E-state index < -0.39 is 0 Å². The van der Waals surface area contributed by atoms with Gasteiger partial charge in [-0.25, -0.2) is 9.97 Å². The lowest BCUT2D eigenvalue weighted by Crippen LogP contribution is -2.19. The quantitative estimate of drug-likeness (QED) is 0.489. The van der Waals surface area contributed by atoms with Gasteiger partial charge in [0.25, 0.3) is 5.56 Å². The Kier molecular flexibility index (Phi) is 4.05. The topological polar surface area (TPSA) is 88.5 Å². The lowest BCUT2D eigenvalue weighted by Gasteiger charge is -2.09. The Balaban J connectivity index is 1.51. The average molecular weight is 382 g/mol. The SMILES string of the molecule is CCn1c(=O)ccc2cnc(Nc3cccc(-c4nc5ccccc5[nH]4)c3)nc21. The molecule has 0 aliphatic carbocycles. The van der Waals surface area contributed by atoms with Crippen LogP contribution in [0.3, 0.4) is 0 Å². The van der Waals surface area contributed by atoms with Gasteiger partial charge in [-0.05, 0) is 37.3 Å². The van der Waals surface area contributed by atoms with Gasteiger partial charge >= 0.3 is 0 Å². The van der Waals surface area contributed by atoms with Gasteiger partial charge in [-0.3, -0.25) is 9.36 Å². The lowest BCUT2D eigenvalue weighted by atomic mass is 10.2. The van der Waals surface area contributed by atoms with Gasteiger partial charge in [-0.15, -0.1) is 0 Å². The summed E-state index contributed by atoms with van der Waals surface area (Å²) in [5.41, 5.74) is 4.26. The second-order valence-electron chi connectivity index (χ2n) is 6.70. The minimum absolute atomic E-state index is 0.0727. The second-order valence-corrected chi connectivity index (χ2v) is 6.70. The molecular formula is C22H18N6O. The summed E-state index contributed by atoms with van der Waals surface area (Å²) >= 11 is 0. The van der Waals surface area contributed by atoms with Gasteiger partial charge in [0, 0.05) is 35.4 Å². The molecule has 0 saturated carbocycles. The van der Waals surface area contributed by atoms with E-state index in [0.717, 1.165) is 33.5 Å². The minimum atomic E-state index is -0.0727. The Bertz CT molecular complexity index is 1370. The molecule has 0 aliphatic heterocycles. The number of H-pyrrole nitrogens is 1. The Hall–Kier alpha value is -4.00. The predicted molar refractivity (Wildman–Crippen MR) is 114 cm³/mol. The third-order valence-corrected chi connectivity index (χ3v) is 4.82. The van der Waals surface area contributed by atoms with Crippen LogP contribution >= 0.6 is 0 Å². The van der Waals surface area contributed by atoms with E-state index in [9.17, 15) is 4.79 Å². The molecule has 0 saturated heterocycles. The van der Waals surface area contributed by atoms with Crippen molar-refractivity contribution in [2.45, 2.75) is 13.5 Å². The molecule has 5 aromatic rings. The summed E-state index contributed by atoms with van der Waals surface area (Å²) in [6.45, 7) is 2.47. The van der Waals surface area contributed by atoms with E-state index in [-0.39, 0.29) is 5.56 Å². The number of aryl methyl sites for hydroxylation is 1. The number of imidazole rings is 1. The van der Waals surface area contributed by atoms with Crippen molar-refractivity contribution >= 4 is 33.7 Å². The summed E-state index contributed by atoms with van der Waals surface area (Å²) in [6, 6.07) is 19.1. The minimum Gasteiger partial charge on any atom is -0.338 e. The van der Waals surface area contributed by atoms with Crippen molar-refractivity contribution in [1.29, 1.82) is 0 Å². The number of nitrogens with zero attached hydrogens (tertiary/aromatic N) is 4. The summed E-state index contributed by atoms with van der Waals surface area (Å²) in [7, 11) is 0. The first-order chi connectivity index (χ1) is 14.2. The number of pyridine rings is 1. The lowest BCUT2D eigenvalue weighted by molar-refractivity contribution is 0.749. The van der Waals surface area contributed by atoms with E-state index in [1.807, 2.05) is 55.5 Å². The highest BCUT2D eigenvalue weighted by Crippen LogP contribution is 2.24. The summed E-state index contributed by atoms with van der Waals surface area (Å²) in [5.74, 6) is 1.24. The van der Waals surface area contributed by atoms with Crippen LogP contribution in [0.2, 0.25) is 0 Å². The van der Waals surface area contributed by atoms with E-state index in [2.05, 4.69) is 25.3 Å². The van der Waals surface area contributed by atoms with E-state index in [0.29, 0.717) is 18.1 Å². The predicted octanol–water partition coefficient (Wildman–Crippen LogP) is 4.10. The number of aromatic nitrogens is 5. The van der Waals surface area contributed by atoms with Crippen LogP contribution in [0.1, 0.15) is 6.92 Å². The van der Waals surface area contributed by atoms with E-state index in [1.54, 1.807) is 22.9 Å². The summed E-state index contributed by atoms with van der Waals surface area (Å²) in [5, 5.41) is 4.06. The number of anilines is 2. The van der Waals surface area contributed by atoms with Crippen LogP contribution in [0.15, 0.2) is 71.7 Å². The molecule has 0 unspecified atom stereocenters. The number of hydrogen-bond acceptors (Lipinski definition) is 5. The Labute approximate surface area is 166 Å². The van der Waals surface area contributed by atoms with Gasteiger partial charge in [0.15, 0.2) is 0 Å². The molecule has 0 bridgehead atoms. The first-order valence-corrected chi connectivity index (χ1v) is 9.40. The number of para-hydroxylation sites is 2. The molecule has 2 N–H and O–H groups in total. The highest BCUT2D eigenvalue weighted by atomic mass is 16.1. The number of hydrogen-bond donors (Lipinski definition) is 2. The second kappa shape index (κ2) is 6.87. The summed E-state index contributed by atoms with van der Waals surface area (Å²) in [4.78, 5) is 29.0. The summed E-state index contributed by atoms with van der Waals surface area (Å²) in [6.07, 6.45) is 1.72. The maximum atomic E-state index is 12.1. The largest absolute Gasteiger partial charge is 0.338 e. The van der Waals surface area contributed by atoms with Crippen molar-refractivity contribution in [2.75, 3.05) is 5.32 Å². The number of fused-ring (bicyclic) bond motifs is 2. The molecule has 7 nitrogen and oxygen atoms in total. The molecule has 142 valence electrons. The zero-order valence-electron chi connectivity index (χ0n) is 15.8. The zero-order chi connectivity index (χ0) is 19.8.